The molecule has 1 fully saturated rings. The van der Waals surface area contributed by atoms with Crippen LogP contribution in [0.4, 0.5) is 0 Å². The highest BCUT2D eigenvalue weighted by molar-refractivity contribution is 7.80. The number of hydrogen-bond acceptors (Lipinski definition) is 2. The van der Waals surface area contributed by atoms with Crippen LogP contribution in [0.5, 0.6) is 0 Å². The Morgan fingerprint density at radius 2 is 1.96 bits per heavy atom. The number of hydrogen-bond donors (Lipinski definition) is 1. The Morgan fingerprint density at radius 1 is 1.14 bits per heavy atom. The molecule has 144 valence electrons. The lowest BCUT2D eigenvalue weighted by atomic mass is 10.0. The molecular weight excluding hydrogens is 388 g/mol. The molecule has 1 aliphatic heterocycles. The summed E-state index contributed by atoms with van der Waals surface area (Å²) in [6.45, 7) is 6.36. The minimum absolute atomic E-state index is 0.0156. The predicted octanol–water partition coefficient (Wildman–Crippen LogP) is 5.22. The van der Waals surface area contributed by atoms with Gasteiger partial charge < -0.3 is 14.8 Å². The minimum atomic E-state index is -0.0156. The van der Waals surface area contributed by atoms with Crippen LogP contribution in [0, 0.1) is 6.92 Å². The molecule has 4 rings (SSSR count). The lowest BCUT2D eigenvalue weighted by Gasteiger charge is -2.31. The number of benzene rings is 1. The minimum Gasteiger partial charge on any atom is -0.352 e. The Labute approximate surface area is 176 Å². The number of rotatable bonds is 4. The van der Waals surface area contributed by atoms with Crippen LogP contribution in [0.25, 0.3) is 5.69 Å². The van der Waals surface area contributed by atoms with Gasteiger partial charge in [-0.2, -0.15) is 0 Å². The van der Waals surface area contributed by atoms with Gasteiger partial charge in [-0.05, 0) is 81.0 Å². The van der Waals surface area contributed by atoms with Gasteiger partial charge in [0.05, 0.1) is 17.8 Å². The Morgan fingerprint density at radius 3 is 2.64 bits per heavy atom. The van der Waals surface area contributed by atoms with Gasteiger partial charge in [-0.25, -0.2) is 0 Å². The molecule has 2 aromatic heterocycles. The van der Waals surface area contributed by atoms with E-state index < -0.39 is 0 Å². The molecule has 0 bridgehead atoms. The van der Waals surface area contributed by atoms with Crippen LogP contribution in [-0.4, -0.2) is 25.6 Å². The Bertz CT molecular complexity index is 999. The predicted molar refractivity (Wildman–Crippen MR) is 118 cm³/mol. The first-order valence-corrected chi connectivity index (χ1v) is 10.2. The van der Waals surface area contributed by atoms with Crippen LogP contribution >= 0.6 is 23.8 Å². The average molecular weight is 411 g/mol. The number of aromatic nitrogens is 2. The van der Waals surface area contributed by atoms with Gasteiger partial charge in [-0.3, -0.25) is 4.98 Å². The van der Waals surface area contributed by atoms with Gasteiger partial charge in [-0.1, -0.05) is 17.7 Å². The number of halogens is 1. The normalized spacial score (nSPS) is 19.3. The number of aryl methyl sites for hydroxylation is 1. The third-order valence-electron chi connectivity index (χ3n) is 5.19. The van der Waals surface area contributed by atoms with Crippen LogP contribution in [0.15, 0.2) is 60.9 Å². The quantitative estimate of drug-likeness (QED) is 0.598. The molecule has 2 atom stereocenters. The fourth-order valence-corrected chi connectivity index (χ4v) is 4.46. The summed E-state index contributed by atoms with van der Waals surface area (Å²) >= 11 is 11.9. The van der Waals surface area contributed by atoms with Gasteiger partial charge in [0, 0.05) is 34.8 Å². The summed E-state index contributed by atoms with van der Waals surface area (Å²) < 4.78 is 2.22. The van der Waals surface area contributed by atoms with Crippen molar-refractivity contribution in [3.05, 3.63) is 82.9 Å². The average Bonchev–Trinajstić information content (AvgIpc) is 3.28. The third-order valence-corrected chi connectivity index (χ3v) is 5.95. The van der Waals surface area contributed by atoms with Crippen LogP contribution in [0.1, 0.15) is 42.9 Å². The zero-order valence-electron chi connectivity index (χ0n) is 16.1. The van der Waals surface area contributed by atoms with E-state index in [2.05, 4.69) is 70.1 Å². The SMILES string of the molecule is Cc1cc(-n2cccc2[C@H]2[C@@H](c3ccccn3)NC(=S)N2C(C)C)ccc1Cl. The summed E-state index contributed by atoms with van der Waals surface area (Å²) in [7, 11) is 0. The third kappa shape index (κ3) is 3.29. The summed E-state index contributed by atoms with van der Waals surface area (Å²) in [6.07, 6.45) is 3.92. The highest BCUT2D eigenvalue weighted by Crippen LogP contribution is 2.40. The fraction of sp³-hybridized carbons (Fsp3) is 0.273. The molecule has 0 unspecified atom stereocenters. The van der Waals surface area contributed by atoms with Crippen molar-refractivity contribution in [2.75, 3.05) is 0 Å². The number of thiocarbonyl (C=S) groups is 1. The molecule has 28 heavy (non-hydrogen) atoms. The Kier molecular flexibility index (Phi) is 5.13. The maximum Gasteiger partial charge on any atom is 0.170 e. The molecule has 0 saturated carbocycles. The maximum absolute atomic E-state index is 6.24. The molecule has 6 heteroatoms. The van der Waals surface area contributed by atoms with Crippen LogP contribution in [0.2, 0.25) is 5.02 Å². The second-order valence-corrected chi connectivity index (χ2v) is 8.16. The summed E-state index contributed by atoms with van der Waals surface area (Å²) in [6, 6.07) is 16.6. The first-order chi connectivity index (χ1) is 13.5. The van der Waals surface area contributed by atoms with Gasteiger partial charge in [-0.15, -0.1) is 0 Å². The number of pyridine rings is 1. The van der Waals surface area contributed by atoms with Crippen LogP contribution in [-0.2, 0) is 0 Å². The smallest absolute Gasteiger partial charge is 0.170 e. The van der Waals surface area contributed by atoms with Crippen molar-refractivity contribution < 1.29 is 0 Å². The first kappa shape index (κ1) is 19.0. The molecule has 0 aliphatic carbocycles. The molecule has 1 aromatic carbocycles. The van der Waals surface area contributed by atoms with E-state index in [4.69, 9.17) is 23.8 Å². The molecule has 1 aliphatic rings. The molecular formula is C22H23ClN4S. The van der Waals surface area contributed by atoms with Gasteiger partial charge in [0.2, 0.25) is 0 Å². The lowest BCUT2D eigenvalue weighted by Crippen LogP contribution is -2.36. The molecule has 3 heterocycles. The maximum atomic E-state index is 6.24. The molecule has 3 aromatic rings. The van der Waals surface area contributed by atoms with E-state index in [0.29, 0.717) is 0 Å². The monoisotopic (exact) mass is 410 g/mol. The van der Waals surface area contributed by atoms with Crippen molar-refractivity contribution in [2.24, 2.45) is 0 Å². The van der Waals surface area contributed by atoms with E-state index in [0.717, 1.165) is 27.1 Å². The molecule has 1 N–H and O–H groups in total. The van der Waals surface area contributed by atoms with E-state index in [9.17, 15) is 0 Å². The second kappa shape index (κ2) is 7.57. The van der Waals surface area contributed by atoms with Gasteiger partial charge in [0.15, 0.2) is 5.11 Å². The van der Waals surface area contributed by atoms with Gasteiger partial charge in [0.25, 0.3) is 0 Å². The van der Waals surface area contributed by atoms with Crippen molar-refractivity contribution in [3.8, 4) is 5.69 Å². The standard InChI is InChI=1S/C22H23ClN4S/c1-14(2)27-21(20(25-22(27)28)18-7-4-5-11-24-18)19-8-6-12-26(19)16-9-10-17(23)15(3)13-16/h4-14,20-21H,1-3H3,(H,25,28)/t20-,21+/m1/s1. The van der Waals surface area contributed by atoms with Crippen molar-refractivity contribution >= 4 is 28.9 Å². The molecule has 1 saturated heterocycles. The number of nitrogens with zero attached hydrogens (tertiary/aromatic N) is 3. The van der Waals surface area contributed by atoms with E-state index in [1.54, 1.807) is 0 Å². The summed E-state index contributed by atoms with van der Waals surface area (Å²) in [4.78, 5) is 6.87. The zero-order chi connectivity index (χ0) is 19.8. The molecule has 0 amide bonds. The van der Waals surface area contributed by atoms with E-state index in [-0.39, 0.29) is 18.1 Å². The van der Waals surface area contributed by atoms with Gasteiger partial charge >= 0.3 is 0 Å². The van der Waals surface area contributed by atoms with Gasteiger partial charge in [0.1, 0.15) is 0 Å². The summed E-state index contributed by atoms with van der Waals surface area (Å²) in [5.41, 5.74) is 4.29. The number of nitrogens with one attached hydrogen (secondary N) is 1. The van der Waals surface area contributed by atoms with Crippen molar-refractivity contribution in [1.82, 2.24) is 19.8 Å². The van der Waals surface area contributed by atoms with E-state index in [1.807, 2.05) is 31.3 Å². The molecule has 4 nitrogen and oxygen atoms in total. The highest BCUT2D eigenvalue weighted by atomic mass is 35.5. The van der Waals surface area contributed by atoms with Crippen molar-refractivity contribution in [1.29, 1.82) is 0 Å². The fourth-order valence-electron chi connectivity index (χ4n) is 3.89. The van der Waals surface area contributed by atoms with Crippen molar-refractivity contribution in [3.63, 3.8) is 0 Å². The van der Waals surface area contributed by atoms with Crippen LogP contribution in [0.3, 0.4) is 0 Å². The largest absolute Gasteiger partial charge is 0.352 e. The Hall–Kier alpha value is -2.37. The molecule has 0 radical (unpaired) electrons. The summed E-state index contributed by atoms with van der Waals surface area (Å²) in [5.74, 6) is 0. The topological polar surface area (TPSA) is 33.1 Å². The Balaban J connectivity index is 1.84. The zero-order valence-corrected chi connectivity index (χ0v) is 17.7. The van der Waals surface area contributed by atoms with E-state index >= 15 is 0 Å². The van der Waals surface area contributed by atoms with Crippen LogP contribution < -0.4 is 5.32 Å². The highest BCUT2D eigenvalue weighted by Gasteiger charge is 2.42. The van der Waals surface area contributed by atoms with Crippen molar-refractivity contribution in [2.45, 2.75) is 38.9 Å². The molecule has 0 spiro atoms. The lowest BCUT2D eigenvalue weighted by molar-refractivity contribution is 0.262. The second-order valence-electron chi connectivity index (χ2n) is 7.36. The van der Waals surface area contributed by atoms with E-state index in [1.165, 1.54) is 5.69 Å². The summed E-state index contributed by atoms with van der Waals surface area (Å²) in [5, 5.41) is 5.03. The first-order valence-electron chi connectivity index (χ1n) is 9.41.